The molecule has 0 aliphatic heterocycles. The van der Waals surface area contributed by atoms with Gasteiger partial charge >= 0.3 is 0 Å². The molecule has 1 aromatic carbocycles. The van der Waals surface area contributed by atoms with Gasteiger partial charge in [0.2, 0.25) is 0 Å². The average Bonchev–Trinajstić information content (AvgIpc) is 2.87. The smallest absolute Gasteiger partial charge is 0.182 e. The number of nitrogens with zero attached hydrogens (tertiary/aromatic N) is 1. The lowest BCUT2D eigenvalue weighted by Crippen LogP contribution is -1.97. The first kappa shape index (κ1) is 14.5. The van der Waals surface area contributed by atoms with Crippen LogP contribution in [0.15, 0.2) is 34.9 Å². The second kappa shape index (κ2) is 7.62. The zero-order chi connectivity index (χ0) is 13.5. The Bertz CT molecular complexity index is 498. The third kappa shape index (κ3) is 4.93. The van der Waals surface area contributed by atoms with Crippen LogP contribution >= 0.6 is 27.3 Å². The quantitative estimate of drug-likeness (QED) is 0.808. The summed E-state index contributed by atoms with van der Waals surface area (Å²) in [6.07, 6.45) is 2.99. The maximum absolute atomic E-state index is 5.69. The van der Waals surface area contributed by atoms with Crippen molar-refractivity contribution in [3.05, 3.63) is 45.4 Å². The number of nitrogens with one attached hydrogen (secondary N) is 1. The zero-order valence-electron chi connectivity index (χ0n) is 10.9. The summed E-state index contributed by atoms with van der Waals surface area (Å²) in [7, 11) is 0. The molecule has 1 N–H and O–H groups in total. The molecule has 0 spiro atoms. The summed E-state index contributed by atoms with van der Waals surface area (Å²) in [5.74, 6) is 0. The standard InChI is InChI=1S/C14H17BrN2OS/c1-2-7-16-14-17-8-13(19-14)10-18-9-11-3-5-12(15)6-4-11/h3-6,8H,2,7,9-10H2,1H3,(H,16,17). The molecular formula is C14H17BrN2OS. The molecule has 102 valence electrons. The Balaban J connectivity index is 1.76. The number of benzene rings is 1. The molecule has 0 radical (unpaired) electrons. The molecule has 3 nitrogen and oxygen atoms in total. The van der Waals surface area contributed by atoms with E-state index in [2.05, 4.69) is 45.3 Å². The Morgan fingerprint density at radius 3 is 2.79 bits per heavy atom. The van der Waals surface area contributed by atoms with E-state index in [4.69, 9.17) is 4.74 Å². The van der Waals surface area contributed by atoms with E-state index < -0.39 is 0 Å². The molecule has 0 unspecified atom stereocenters. The number of hydrogen-bond acceptors (Lipinski definition) is 4. The van der Waals surface area contributed by atoms with Gasteiger partial charge in [0.1, 0.15) is 0 Å². The van der Waals surface area contributed by atoms with Crippen LogP contribution in [0.2, 0.25) is 0 Å². The van der Waals surface area contributed by atoms with Gasteiger partial charge in [0.15, 0.2) is 5.13 Å². The molecule has 1 aromatic heterocycles. The Morgan fingerprint density at radius 1 is 1.26 bits per heavy atom. The van der Waals surface area contributed by atoms with Crippen molar-refractivity contribution in [3.8, 4) is 0 Å². The van der Waals surface area contributed by atoms with Crippen molar-refractivity contribution < 1.29 is 4.74 Å². The fourth-order valence-electron chi connectivity index (χ4n) is 1.54. The Hall–Kier alpha value is -0.910. The minimum atomic E-state index is 0.613. The third-order valence-corrected chi connectivity index (χ3v) is 3.96. The average molecular weight is 341 g/mol. The first-order chi connectivity index (χ1) is 9.28. The van der Waals surface area contributed by atoms with Crippen LogP contribution in [0, 0.1) is 0 Å². The number of anilines is 1. The molecule has 1 heterocycles. The van der Waals surface area contributed by atoms with Crippen LogP contribution < -0.4 is 5.32 Å². The maximum atomic E-state index is 5.69. The van der Waals surface area contributed by atoms with Crippen molar-refractivity contribution in [1.82, 2.24) is 4.98 Å². The summed E-state index contributed by atoms with van der Waals surface area (Å²) >= 11 is 5.07. The van der Waals surface area contributed by atoms with Crippen LogP contribution in [-0.2, 0) is 18.0 Å². The summed E-state index contributed by atoms with van der Waals surface area (Å²) < 4.78 is 6.78. The lowest BCUT2D eigenvalue weighted by atomic mass is 10.2. The van der Waals surface area contributed by atoms with Crippen LogP contribution in [0.5, 0.6) is 0 Å². The van der Waals surface area contributed by atoms with Crippen LogP contribution in [0.4, 0.5) is 5.13 Å². The van der Waals surface area contributed by atoms with Crippen LogP contribution in [0.3, 0.4) is 0 Å². The van der Waals surface area contributed by atoms with Gasteiger partial charge in [-0.2, -0.15) is 0 Å². The molecule has 0 aliphatic rings. The molecular weight excluding hydrogens is 324 g/mol. The lowest BCUT2D eigenvalue weighted by molar-refractivity contribution is 0.109. The van der Waals surface area contributed by atoms with E-state index in [9.17, 15) is 0 Å². The lowest BCUT2D eigenvalue weighted by Gasteiger charge is -2.02. The highest BCUT2D eigenvalue weighted by atomic mass is 79.9. The molecule has 0 bridgehead atoms. The first-order valence-electron chi connectivity index (χ1n) is 6.28. The molecule has 0 aliphatic carbocycles. The molecule has 0 amide bonds. The number of rotatable bonds is 7. The van der Waals surface area contributed by atoms with Gasteiger partial charge in [0, 0.05) is 17.2 Å². The summed E-state index contributed by atoms with van der Waals surface area (Å²) in [5.41, 5.74) is 1.18. The predicted molar refractivity (Wildman–Crippen MR) is 83.5 cm³/mol. The van der Waals surface area contributed by atoms with Gasteiger partial charge < -0.3 is 10.1 Å². The van der Waals surface area contributed by atoms with Crippen LogP contribution in [0.1, 0.15) is 23.8 Å². The number of thiazole rings is 1. The van der Waals surface area contributed by atoms with Crippen molar-refractivity contribution in [2.45, 2.75) is 26.6 Å². The van der Waals surface area contributed by atoms with E-state index in [0.29, 0.717) is 13.2 Å². The van der Waals surface area contributed by atoms with Gasteiger partial charge in [-0.1, -0.05) is 46.3 Å². The second-order valence-corrected chi connectivity index (χ2v) is 6.21. The second-order valence-electron chi connectivity index (χ2n) is 4.18. The number of ether oxygens (including phenoxy) is 1. The van der Waals surface area contributed by atoms with E-state index in [0.717, 1.165) is 27.4 Å². The molecule has 19 heavy (non-hydrogen) atoms. The van der Waals surface area contributed by atoms with Crippen molar-refractivity contribution >= 4 is 32.4 Å². The van der Waals surface area contributed by atoms with E-state index >= 15 is 0 Å². The largest absolute Gasteiger partial charge is 0.371 e. The summed E-state index contributed by atoms with van der Waals surface area (Å²) in [4.78, 5) is 5.46. The van der Waals surface area contributed by atoms with Crippen molar-refractivity contribution in [1.29, 1.82) is 0 Å². The Kier molecular flexibility index (Phi) is 5.82. The minimum absolute atomic E-state index is 0.613. The summed E-state index contributed by atoms with van der Waals surface area (Å²) in [6.45, 7) is 4.35. The fourth-order valence-corrected chi connectivity index (χ4v) is 2.58. The number of halogens is 1. The van der Waals surface area contributed by atoms with Gasteiger partial charge in [-0.05, 0) is 24.1 Å². The van der Waals surface area contributed by atoms with E-state index in [1.807, 2.05) is 18.3 Å². The van der Waals surface area contributed by atoms with Crippen LogP contribution in [0.25, 0.3) is 0 Å². The Morgan fingerprint density at radius 2 is 2.05 bits per heavy atom. The maximum Gasteiger partial charge on any atom is 0.182 e. The third-order valence-electron chi connectivity index (χ3n) is 2.51. The molecule has 0 atom stereocenters. The van der Waals surface area contributed by atoms with E-state index in [1.54, 1.807) is 11.3 Å². The van der Waals surface area contributed by atoms with Gasteiger partial charge in [-0.3, -0.25) is 0 Å². The molecule has 0 fully saturated rings. The zero-order valence-corrected chi connectivity index (χ0v) is 13.3. The minimum Gasteiger partial charge on any atom is -0.371 e. The topological polar surface area (TPSA) is 34.2 Å². The molecule has 2 aromatic rings. The van der Waals surface area contributed by atoms with Gasteiger partial charge in [-0.15, -0.1) is 0 Å². The molecule has 0 saturated carbocycles. The summed E-state index contributed by atoms with van der Waals surface area (Å²) in [5, 5.41) is 4.25. The fraction of sp³-hybridized carbons (Fsp3) is 0.357. The molecule has 0 saturated heterocycles. The van der Waals surface area contributed by atoms with Gasteiger partial charge in [0.05, 0.1) is 18.1 Å². The number of aromatic nitrogens is 1. The highest BCUT2D eigenvalue weighted by Gasteiger charge is 2.01. The van der Waals surface area contributed by atoms with Crippen molar-refractivity contribution in [2.24, 2.45) is 0 Å². The normalized spacial score (nSPS) is 10.6. The van der Waals surface area contributed by atoms with E-state index in [1.165, 1.54) is 5.56 Å². The van der Waals surface area contributed by atoms with Crippen LogP contribution in [-0.4, -0.2) is 11.5 Å². The van der Waals surface area contributed by atoms with Crippen molar-refractivity contribution in [3.63, 3.8) is 0 Å². The van der Waals surface area contributed by atoms with E-state index in [-0.39, 0.29) is 0 Å². The predicted octanol–water partition coefficient (Wildman–Crippen LogP) is 4.44. The number of hydrogen-bond donors (Lipinski definition) is 1. The first-order valence-corrected chi connectivity index (χ1v) is 7.89. The summed E-state index contributed by atoms with van der Waals surface area (Å²) in [6, 6.07) is 8.17. The van der Waals surface area contributed by atoms with Gasteiger partial charge in [0.25, 0.3) is 0 Å². The highest BCUT2D eigenvalue weighted by Crippen LogP contribution is 2.19. The Labute approximate surface area is 126 Å². The SMILES string of the molecule is CCCNc1ncc(COCc2ccc(Br)cc2)s1. The molecule has 2 rings (SSSR count). The highest BCUT2D eigenvalue weighted by molar-refractivity contribution is 9.10. The van der Waals surface area contributed by atoms with Gasteiger partial charge in [-0.25, -0.2) is 4.98 Å². The molecule has 5 heteroatoms. The monoisotopic (exact) mass is 340 g/mol. The van der Waals surface area contributed by atoms with Crippen molar-refractivity contribution in [2.75, 3.05) is 11.9 Å².